The molecule has 0 bridgehead atoms. The summed E-state index contributed by atoms with van der Waals surface area (Å²) < 4.78 is 5.58. The summed E-state index contributed by atoms with van der Waals surface area (Å²) in [5, 5.41) is 0.672. The van der Waals surface area contributed by atoms with E-state index in [0.717, 1.165) is 32.2 Å². The molecule has 24 heavy (non-hydrogen) atoms. The lowest BCUT2D eigenvalue weighted by Crippen LogP contribution is -3.18. The third-order valence-electron chi connectivity index (χ3n) is 5.37. The van der Waals surface area contributed by atoms with E-state index in [-0.39, 0.29) is 12.5 Å². The monoisotopic (exact) mass is 351 g/mol. The van der Waals surface area contributed by atoms with Crippen molar-refractivity contribution in [2.24, 2.45) is 0 Å². The van der Waals surface area contributed by atoms with Gasteiger partial charge in [0.15, 0.2) is 6.61 Å². The number of carbonyl (C=O) groups is 1. The highest BCUT2D eigenvalue weighted by molar-refractivity contribution is 6.30. The van der Waals surface area contributed by atoms with Gasteiger partial charge in [-0.2, -0.15) is 0 Å². The highest BCUT2D eigenvalue weighted by atomic mass is 35.5. The smallest absolute Gasteiger partial charge is 0.260 e. The zero-order chi connectivity index (χ0) is 16.8. The molecule has 1 N–H and O–H groups in total. The molecule has 1 saturated carbocycles. The third-order valence-corrected chi connectivity index (χ3v) is 5.62. The Balaban J connectivity index is 1.42. The Hall–Kier alpha value is -1.26. The van der Waals surface area contributed by atoms with Crippen molar-refractivity contribution in [3.63, 3.8) is 0 Å². The molecule has 1 amide bonds. The molecular weight excluding hydrogens is 324 g/mol. The van der Waals surface area contributed by atoms with Gasteiger partial charge in [-0.25, -0.2) is 0 Å². The minimum absolute atomic E-state index is 0.0878. The van der Waals surface area contributed by atoms with Crippen molar-refractivity contribution in [1.29, 1.82) is 0 Å². The van der Waals surface area contributed by atoms with E-state index in [0.29, 0.717) is 10.8 Å². The Morgan fingerprint density at radius 2 is 1.71 bits per heavy atom. The summed E-state index contributed by atoms with van der Waals surface area (Å²) in [5.74, 6) is 0.778. The maximum Gasteiger partial charge on any atom is 0.260 e. The molecule has 1 aliphatic carbocycles. The summed E-state index contributed by atoms with van der Waals surface area (Å²) in [6, 6.07) is 7.95. The van der Waals surface area contributed by atoms with Gasteiger partial charge in [0.05, 0.1) is 32.2 Å². The number of rotatable bonds is 4. The number of ether oxygens (including phenoxy) is 1. The van der Waals surface area contributed by atoms with Gasteiger partial charge in [0.2, 0.25) is 0 Å². The van der Waals surface area contributed by atoms with Crippen molar-refractivity contribution < 1.29 is 14.4 Å². The standard InChI is InChI=1S/C19H27ClN2O2/c20-16-7-9-18(10-8-16)24-15-19(23)22-13-11-21(12-14-22)17-5-3-1-2-4-6-17/h7-10,17H,1-6,11-15H2/p+1. The molecule has 4 nitrogen and oxygen atoms in total. The number of quaternary nitrogens is 1. The van der Waals surface area contributed by atoms with Gasteiger partial charge in [-0.1, -0.05) is 24.4 Å². The summed E-state index contributed by atoms with van der Waals surface area (Å²) in [6.45, 7) is 3.98. The van der Waals surface area contributed by atoms with Gasteiger partial charge in [-0.05, 0) is 49.9 Å². The van der Waals surface area contributed by atoms with Crippen molar-refractivity contribution in [3.05, 3.63) is 29.3 Å². The molecule has 0 spiro atoms. The minimum atomic E-state index is 0.0878. The average molecular weight is 352 g/mol. The third kappa shape index (κ3) is 4.87. The maximum atomic E-state index is 12.3. The molecule has 0 atom stereocenters. The quantitative estimate of drug-likeness (QED) is 0.843. The van der Waals surface area contributed by atoms with Gasteiger partial charge in [-0.15, -0.1) is 0 Å². The maximum absolute atomic E-state index is 12.3. The first kappa shape index (κ1) is 17.6. The fourth-order valence-corrected chi connectivity index (χ4v) is 4.03. The summed E-state index contributed by atoms with van der Waals surface area (Å²) >= 11 is 5.85. The zero-order valence-corrected chi connectivity index (χ0v) is 15.1. The number of nitrogens with one attached hydrogen (secondary N) is 1. The molecule has 5 heteroatoms. The second-order valence-electron chi connectivity index (χ2n) is 6.97. The summed E-state index contributed by atoms with van der Waals surface area (Å²) in [6.07, 6.45) is 8.29. The fourth-order valence-electron chi connectivity index (χ4n) is 3.91. The predicted molar refractivity (Wildman–Crippen MR) is 95.7 cm³/mol. The van der Waals surface area contributed by atoms with Gasteiger partial charge >= 0.3 is 0 Å². The topological polar surface area (TPSA) is 34.0 Å². The molecule has 0 radical (unpaired) electrons. The van der Waals surface area contributed by atoms with E-state index >= 15 is 0 Å². The molecular formula is C19H28ClN2O2+. The largest absolute Gasteiger partial charge is 0.484 e. The van der Waals surface area contributed by atoms with Gasteiger partial charge in [0, 0.05) is 5.02 Å². The number of carbonyl (C=O) groups excluding carboxylic acids is 1. The lowest BCUT2D eigenvalue weighted by Gasteiger charge is -2.36. The first-order valence-electron chi connectivity index (χ1n) is 9.23. The van der Waals surface area contributed by atoms with E-state index in [1.807, 2.05) is 4.90 Å². The normalized spacial score (nSPS) is 20.6. The number of amides is 1. The van der Waals surface area contributed by atoms with Crippen LogP contribution in [-0.4, -0.2) is 49.6 Å². The summed E-state index contributed by atoms with van der Waals surface area (Å²) in [5.41, 5.74) is 0. The van der Waals surface area contributed by atoms with Crippen LogP contribution in [0.5, 0.6) is 5.75 Å². The fraction of sp³-hybridized carbons (Fsp3) is 0.632. The lowest BCUT2D eigenvalue weighted by molar-refractivity contribution is -0.929. The molecule has 0 aromatic heterocycles. The highest BCUT2D eigenvalue weighted by Gasteiger charge is 2.29. The Morgan fingerprint density at radius 1 is 1.08 bits per heavy atom. The number of hydrogen-bond donors (Lipinski definition) is 1. The van der Waals surface area contributed by atoms with E-state index < -0.39 is 0 Å². The number of nitrogens with zero attached hydrogens (tertiary/aromatic N) is 1. The van der Waals surface area contributed by atoms with Gasteiger partial charge < -0.3 is 14.5 Å². The van der Waals surface area contributed by atoms with E-state index in [1.54, 1.807) is 29.2 Å². The zero-order valence-electron chi connectivity index (χ0n) is 14.3. The van der Waals surface area contributed by atoms with Crippen LogP contribution in [0.25, 0.3) is 0 Å². The Morgan fingerprint density at radius 3 is 2.33 bits per heavy atom. The van der Waals surface area contributed by atoms with Crippen LogP contribution in [0.3, 0.4) is 0 Å². The predicted octanol–water partition coefficient (Wildman–Crippen LogP) is 2.17. The summed E-state index contributed by atoms with van der Waals surface area (Å²) in [7, 11) is 0. The molecule has 3 rings (SSSR count). The molecule has 2 aliphatic rings. The van der Waals surface area contributed by atoms with Crippen molar-refractivity contribution >= 4 is 17.5 Å². The number of hydrogen-bond acceptors (Lipinski definition) is 2. The molecule has 0 unspecified atom stereocenters. The first-order chi connectivity index (χ1) is 11.7. The Kier molecular flexibility index (Phi) is 6.38. The van der Waals surface area contributed by atoms with Gasteiger partial charge in [0.1, 0.15) is 5.75 Å². The minimum Gasteiger partial charge on any atom is -0.484 e. The van der Waals surface area contributed by atoms with E-state index in [9.17, 15) is 4.79 Å². The SMILES string of the molecule is O=C(COc1ccc(Cl)cc1)N1CC[NH+](C2CCCCCC2)CC1. The van der Waals surface area contributed by atoms with Crippen molar-refractivity contribution in [1.82, 2.24) is 4.90 Å². The summed E-state index contributed by atoms with van der Waals surface area (Å²) in [4.78, 5) is 16.0. The van der Waals surface area contributed by atoms with Gasteiger partial charge in [0.25, 0.3) is 5.91 Å². The Bertz CT molecular complexity index is 519. The lowest BCUT2D eigenvalue weighted by atomic mass is 10.1. The van der Waals surface area contributed by atoms with Crippen molar-refractivity contribution in [2.45, 2.75) is 44.6 Å². The molecule has 1 aromatic carbocycles. The van der Waals surface area contributed by atoms with E-state index in [1.165, 1.54) is 38.5 Å². The van der Waals surface area contributed by atoms with Crippen molar-refractivity contribution in [3.8, 4) is 5.75 Å². The molecule has 1 heterocycles. The van der Waals surface area contributed by atoms with Crippen LogP contribution in [0, 0.1) is 0 Å². The number of benzene rings is 1. The van der Waals surface area contributed by atoms with E-state index in [2.05, 4.69) is 0 Å². The van der Waals surface area contributed by atoms with Crippen LogP contribution in [0.4, 0.5) is 0 Å². The molecule has 1 saturated heterocycles. The first-order valence-corrected chi connectivity index (χ1v) is 9.61. The van der Waals surface area contributed by atoms with Crippen LogP contribution >= 0.6 is 11.6 Å². The van der Waals surface area contributed by atoms with Crippen LogP contribution in [-0.2, 0) is 4.79 Å². The van der Waals surface area contributed by atoms with Crippen LogP contribution in [0.2, 0.25) is 5.02 Å². The molecule has 1 aromatic rings. The van der Waals surface area contributed by atoms with Gasteiger partial charge in [-0.3, -0.25) is 4.79 Å². The number of piperazine rings is 1. The van der Waals surface area contributed by atoms with Crippen molar-refractivity contribution in [2.75, 3.05) is 32.8 Å². The highest BCUT2D eigenvalue weighted by Crippen LogP contribution is 2.16. The molecule has 132 valence electrons. The molecule has 1 aliphatic heterocycles. The average Bonchev–Trinajstić information content (AvgIpc) is 2.90. The number of halogens is 1. The second-order valence-corrected chi connectivity index (χ2v) is 7.41. The van der Waals surface area contributed by atoms with E-state index in [4.69, 9.17) is 16.3 Å². The Labute approximate surface area is 149 Å². The van der Waals surface area contributed by atoms with Crippen LogP contribution in [0.15, 0.2) is 24.3 Å². The van der Waals surface area contributed by atoms with Crippen LogP contribution < -0.4 is 9.64 Å². The van der Waals surface area contributed by atoms with Crippen LogP contribution in [0.1, 0.15) is 38.5 Å². The second kappa shape index (κ2) is 8.72. The molecule has 2 fully saturated rings.